The van der Waals surface area contributed by atoms with Gasteiger partial charge in [0.15, 0.2) is 8.07 Å². The Kier molecular flexibility index (Phi) is 18.3. The van der Waals surface area contributed by atoms with Gasteiger partial charge in [-0.2, -0.15) is 0 Å². The number of rotatable bonds is 16. The van der Waals surface area contributed by atoms with Gasteiger partial charge in [0.1, 0.15) is 0 Å². The number of hydrogen-bond donors (Lipinski definition) is 0. The number of hydrogen-bond acceptors (Lipinski definition) is 0. The van der Waals surface area contributed by atoms with Crippen molar-refractivity contribution in [3.05, 3.63) is 317 Å². The summed E-state index contributed by atoms with van der Waals surface area (Å²) in [6, 6.07) is 53.2. The van der Waals surface area contributed by atoms with E-state index in [1.807, 2.05) is 0 Å². The van der Waals surface area contributed by atoms with Crippen LogP contribution in [0, 0.1) is 125 Å². The average Bonchev–Trinajstić information content (AvgIpc) is 1.30. The highest BCUT2D eigenvalue weighted by Gasteiger charge is 2.51. The summed E-state index contributed by atoms with van der Waals surface area (Å²) in [6.07, 6.45) is 5.21. The molecular weight excluding hydrogens is 1070 g/mol. The van der Waals surface area contributed by atoms with Crippen LogP contribution in [0.15, 0.2) is 150 Å². The van der Waals surface area contributed by atoms with Crippen LogP contribution in [0.4, 0.5) is 0 Å². The van der Waals surface area contributed by atoms with E-state index in [1.165, 1.54) is 205 Å². The van der Waals surface area contributed by atoms with Crippen molar-refractivity contribution >= 4 is 23.6 Å². The molecule has 0 radical (unpaired) electrons. The summed E-state index contributed by atoms with van der Waals surface area (Å²) in [6.45, 7) is 51.5. The van der Waals surface area contributed by atoms with Crippen molar-refractivity contribution in [1.82, 2.24) is 0 Å². The second kappa shape index (κ2) is 25.3. The molecule has 88 heavy (non-hydrogen) atoms. The van der Waals surface area contributed by atoms with Crippen molar-refractivity contribution in [1.29, 1.82) is 0 Å². The summed E-state index contributed by atoms with van der Waals surface area (Å²) in [4.78, 5) is 0. The zero-order chi connectivity index (χ0) is 63.5. The Bertz CT molecular complexity index is 3530. The molecule has 452 valence electrons. The molecule has 0 aromatic heterocycles. The Labute approximate surface area is 533 Å². The van der Waals surface area contributed by atoms with Gasteiger partial charge >= 0.3 is 0 Å². The molecule has 0 spiro atoms. The molecule has 0 heterocycles. The van der Waals surface area contributed by atoms with E-state index in [1.54, 1.807) is 0 Å². The Morgan fingerprint density at radius 2 is 0.352 bits per heavy atom. The van der Waals surface area contributed by atoms with Gasteiger partial charge in [0, 0.05) is 5.54 Å². The van der Waals surface area contributed by atoms with E-state index in [-0.39, 0.29) is 5.54 Å². The van der Waals surface area contributed by atoms with Gasteiger partial charge in [-0.05, 0) is 351 Å². The lowest BCUT2D eigenvalue weighted by atomic mass is 9.91. The normalized spacial score (nSPS) is 13.0. The summed E-state index contributed by atoms with van der Waals surface area (Å²) in [5.41, 5.74) is 47.6. The van der Waals surface area contributed by atoms with E-state index < -0.39 is 8.07 Å². The molecule has 0 amide bonds. The van der Waals surface area contributed by atoms with E-state index in [4.69, 9.17) is 0 Å². The van der Waals surface area contributed by atoms with Crippen molar-refractivity contribution < 1.29 is 0 Å². The topological polar surface area (TPSA) is 0 Å². The molecule has 1 aliphatic rings. The van der Waals surface area contributed by atoms with Gasteiger partial charge in [-0.1, -0.05) is 172 Å². The molecule has 0 N–H and O–H groups in total. The molecular formula is C87H100Si. The van der Waals surface area contributed by atoms with E-state index >= 15 is 0 Å². The molecule has 1 aliphatic carbocycles. The van der Waals surface area contributed by atoms with Gasteiger partial charge in [-0.25, -0.2) is 0 Å². The highest BCUT2D eigenvalue weighted by Crippen LogP contribution is 2.47. The zero-order valence-corrected chi connectivity index (χ0v) is 58.9. The first-order valence-corrected chi connectivity index (χ1v) is 34.8. The van der Waals surface area contributed by atoms with Crippen molar-refractivity contribution in [3.8, 4) is 0 Å². The van der Waals surface area contributed by atoms with Gasteiger partial charge in [0.05, 0.1) is 0 Å². The third kappa shape index (κ3) is 12.8. The smallest absolute Gasteiger partial charge is 0.0647 e. The van der Waals surface area contributed by atoms with Crippen molar-refractivity contribution in [3.63, 3.8) is 0 Å². The molecule has 0 aliphatic heterocycles. The minimum Gasteiger partial charge on any atom is -0.0647 e. The Hall–Kier alpha value is -7.32. The molecule has 0 saturated carbocycles. The Morgan fingerprint density at radius 1 is 0.205 bits per heavy atom. The van der Waals surface area contributed by atoms with Crippen LogP contribution in [0.2, 0.25) is 5.54 Å². The van der Waals surface area contributed by atoms with Crippen LogP contribution < -0.4 is 15.6 Å². The van der Waals surface area contributed by atoms with Gasteiger partial charge < -0.3 is 0 Å². The molecule has 0 unspecified atom stereocenters. The fourth-order valence-electron chi connectivity index (χ4n) is 16.7. The summed E-state index contributed by atoms with van der Waals surface area (Å²) >= 11 is 0. The van der Waals surface area contributed by atoms with E-state index in [0.717, 1.165) is 38.5 Å². The van der Waals surface area contributed by atoms with E-state index in [2.05, 4.69) is 280 Å². The predicted molar refractivity (Wildman–Crippen MR) is 385 cm³/mol. The summed E-state index contributed by atoms with van der Waals surface area (Å²) < 4.78 is 0. The number of aryl methyl sites for hydroxylation is 18. The third-order valence-electron chi connectivity index (χ3n) is 20.9. The fraction of sp³-hybridized carbons (Fsp3) is 0.333. The van der Waals surface area contributed by atoms with Gasteiger partial charge in [0.25, 0.3) is 0 Å². The number of benzene rings is 9. The molecule has 0 bridgehead atoms. The predicted octanol–water partition coefficient (Wildman–Crippen LogP) is 20.3. The van der Waals surface area contributed by atoms with Crippen molar-refractivity contribution in [2.24, 2.45) is 0 Å². The molecule has 1 heteroatoms. The molecule has 9 aromatic carbocycles. The molecule has 0 saturated heterocycles. The highest BCUT2D eigenvalue weighted by molar-refractivity contribution is 7.13. The van der Waals surface area contributed by atoms with Gasteiger partial charge in [0.2, 0.25) is 0 Å². The fourth-order valence-corrected chi connectivity index (χ4v) is 22.9. The maximum absolute atomic E-state index is 3.42. The van der Waals surface area contributed by atoms with Crippen LogP contribution in [0.25, 0.3) is 0 Å². The van der Waals surface area contributed by atoms with Crippen LogP contribution in [0.1, 0.15) is 195 Å². The second-order valence-electron chi connectivity index (χ2n) is 28.3. The Balaban J connectivity index is 1.41. The lowest BCUT2D eigenvalue weighted by Gasteiger charge is -2.42. The van der Waals surface area contributed by atoms with E-state index in [0.29, 0.717) is 0 Å². The molecule has 0 atom stereocenters. The maximum atomic E-state index is 2.76. The summed E-state index contributed by atoms with van der Waals surface area (Å²) in [5.74, 6) is 0. The van der Waals surface area contributed by atoms with Crippen LogP contribution >= 0.6 is 0 Å². The molecule has 9 aromatic rings. The van der Waals surface area contributed by atoms with Crippen LogP contribution in [0.5, 0.6) is 0 Å². The minimum absolute atomic E-state index is 0.142. The van der Waals surface area contributed by atoms with Gasteiger partial charge in [-0.3, -0.25) is 0 Å². The maximum Gasteiger partial charge on any atom is 0.159 e. The standard InChI is InChI=1S/C87H100Si/c1-50-23-56(7)81(57(8)24-50)44-72-35-73(45-82-58(9)25-51(2)26-59(82)10)39-78(38-72)88(87-70(21)68(19)69(20)71(87)22,79-40-74(46-83-60(11)27-52(3)28-61(83)12)36-75(41-79)47-84-62(13)29-53(4)30-63(84)14)80-42-76(48-85-64(15)31-54(5)32-65(85)16)37-77(43-80)49-86-66(17)33-55(6)34-67(86)18/h23-43,87H,44-49H2,1-22H3. The first kappa shape index (κ1) is 63.7. The SMILES string of the molecule is CC1=C(C)C([Si](c2cc(Cc3c(C)cc(C)cc3C)cc(Cc3c(C)cc(C)cc3C)c2)(c2cc(Cc3c(C)cc(C)cc3C)cc(Cc3c(C)cc(C)cc3C)c2)c2cc(Cc3c(C)cc(C)cc3C)cc(Cc3c(C)cc(C)cc3C)c2)C(C)=C1C. The minimum atomic E-state index is -3.42. The first-order valence-electron chi connectivity index (χ1n) is 32.7. The largest absolute Gasteiger partial charge is 0.159 e. The van der Waals surface area contributed by atoms with Crippen LogP contribution in [0.3, 0.4) is 0 Å². The van der Waals surface area contributed by atoms with Gasteiger partial charge in [-0.15, -0.1) is 0 Å². The quantitative estimate of drug-likeness (QED) is 0.0668. The van der Waals surface area contributed by atoms with E-state index in [9.17, 15) is 0 Å². The Morgan fingerprint density at radius 3 is 0.500 bits per heavy atom. The monoisotopic (exact) mass is 1170 g/mol. The second-order valence-corrected chi connectivity index (χ2v) is 32.2. The number of allylic oxidation sites excluding steroid dienone is 4. The molecule has 10 rings (SSSR count). The summed E-state index contributed by atoms with van der Waals surface area (Å²) in [5, 5.41) is 4.54. The van der Waals surface area contributed by atoms with Crippen LogP contribution in [-0.2, 0) is 38.5 Å². The summed E-state index contributed by atoms with van der Waals surface area (Å²) in [7, 11) is -3.42. The lowest BCUT2D eigenvalue weighted by molar-refractivity contribution is 1.06. The lowest BCUT2D eigenvalue weighted by Crippen LogP contribution is -2.70. The molecule has 0 nitrogen and oxygen atoms in total. The molecule has 0 fully saturated rings. The first-order chi connectivity index (χ1) is 41.6. The average molecular weight is 1170 g/mol. The van der Waals surface area contributed by atoms with Crippen LogP contribution in [-0.4, -0.2) is 8.07 Å². The van der Waals surface area contributed by atoms with Crippen molar-refractivity contribution in [2.75, 3.05) is 0 Å². The highest BCUT2D eigenvalue weighted by atomic mass is 28.3. The zero-order valence-electron chi connectivity index (χ0n) is 57.9. The van der Waals surface area contributed by atoms with Crippen molar-refractivity contribution in [2.45, 2.75) is 196 Å². The third-order valence-corrected chi connectivity index (χ3v) is 26.2.